The molecule has 0 saturated carbocycles. The van der Waals surface area contributed by atoms with E-state index in [4.69, 9.17) is 14.2 Å². The SMILES string of the molecule is O=C1CCCCC(=O)OC2(CCCCOC2=O)O1. The first kappa shape index (κ1) is 12.9. The standard InChI is InChI=1S/C12H16O6/c13-9-5-1-2-6-10(14)18-12(17-9)7-3-4-8-16-11(12)15/h1-8H2. The number of hydrogen-bond acceptors (Lipinski definition) is 6. The molecule has 0 aromatic carbocycles. The second-order valence-electron chi connectivity index (χ2n) is 4.50. The Bertz CT molecular complexity index is 342. The third-order valence-electron chi connectivity index (χ3n) is 3.01. The van der Waals surface area contributed by atoms with Crippen molar-refractivity contribution in [3.05, 3.63) is 0 Å². The summed E-state index contributed by atoms with van der Waals surface area (Å²) >= 11 is 0. The number of rotatable bonds is 0. The first-order valence-electron chi connectivity index (χ1n) is 6.23. The maximum absolute atomic E-state index is 11.9. The molecule has 0 aliphatic carbocycles. The van der Waals surface area contributed by atoms with Crippen LogP contribution in [0.2, 0.25) is 0 Å². The number of carbonyl (C=O) groups is 3. The van der Waals surface area contributed by atoms with Crippen molar-refractivity contribution in [1.29, 1.82) is 0 Å². The van der Waals surface area contributed by atoms with Crippen molar-refractivity contribution in [2.45, 2.75) is 50.7 Å². The van der Waals surface area contributed by atoms with E-state index < -0.39 is 23.7 Å². The van der Waals surface area contributed by atoms with Crippen LogP contribution in [-0.2, 0) is 28.6 Å². The van der Waals surface area contributed by atoms with E-state index in [0.717, 1.165) is 0 Å². The van der Waals surface area contributed by atoms with Gasteiger partial charge in [0.2, 0.25) is 0 Å². The summed E-state index contributed by atoms with van der Waals surface area (Å²) in [5.74, 6) is -3.68. The Labute approximate surface area is 105 Å². The molecule has 0 aromatic heterocycles. The fourth-order valence-corrected chi connectivity index (χ4v) is 2.05. The molecule has 18 heavy (non-hydrogen) atoms. The van der Waals surface area contributed by atoms with Crippen molar-refractivity contribution in [1.82, 2.24) is 0 Å². The summed E-state index contributed by atoms with van der Waals surface area (Å²) < 4.78 is 15.1. The lowest BCUT2D eigenvalue weighted by atomic mass is 10.1. The van der Waals surface area contributed by atoms with Crippen molar-refractivity contribution >= 4 is 17.9 Å². The van der Waals surface area contributed by atoms with Crippen LogP contribution in [0.25, 0.3) is 0 Å². The Morgan fingerprint density at radius 1 is 0.833 bits per heavy atom. The Kier molecular flexibility index (Phi) is 3.84. The monoisotopic (exact) mass is 256 g/mol. The quantitative estimate of drug-likeness (QED) is 0.603. The lowest BCUT2D eigenvalue weighted by molar-refractivity contribution is -0.238. The molecule has 6 nitrogen and oxygen atoms in total. The smallest absolute Gasteiger partial charge is 0.393 e. The van der Waals surface area contributed by atoms with Crippen molar-refractivity contribution in [3.8, 4) is 0 Å². The number of cyclic esters (lactones) is 1. The molecule has 0 radical (unpaired) electrons. The zero-order valence-corrected chi connectivity index (χ0v) is 10.1. The van der Waals surface area contributed by atoms with Crippen LogP contribution in [0.4, 0.5) is 0 Å². The van der Waals surface area contributed by atoms with E-state index in [1.54, 1.807) is 0 Å². The molecule has 0 N–H and O–H groups in total. The third-order valence-corrected chi connectivity index (χ3v) is 3.01. The van der Waals surface area contributed by atoms with Crippen molar-refractivity contribution in [3.63, 3.8) is 0 Å². The summed E-state index contributed by atoms with van der Waals surface area (Å²) in [4.78, 5) is 35.1. The molecule has 100 valence electrons. The molecule has 2 aliphatic heterocycles. The highest BCUT2D eigenvalue weighted by atomic mass is 16.8. The molecular weight excluding hydrogens is 240 g/mol. The van der Waals surface area contributed by atoms with Gasteiger partial charge in [0.1, 0.15) is 0 Å². The molecule has 2 rings (SSSR count). The van der Waals surface area contributed by atoms with Gasteiger partial charge < -0.3 is 14.2 Å². The minimum absolute atomic E-state index is 0.170. The van der Waals surface area contributed by atoms with Gasteiger partial charge >= 0.3 is 23.7 Å². The first-order valence-corrected chi connectivity index (χ1v) is 6.23. The predicted molar refractivity (Wildman–Crippen MR) is 58.2 cm³/mol. The second-order valence-corrected chi connectivity index (χ2v) is 4.50. The van der Waals surface area contributed by atoms with Crippen LogP contribution < -0.4 is 0 Å². The zero-order valence-electron chi connectivity index (χ0n) is 10.1. The maximum atomic E-state index is 11.9. The highest BCUT2D eigenvalue weighted by Crippen LogP contribution is 2.29. The van der Waals surface area contributed by atoms with Gasteiger partial charge in [-0.3, -0.25) is 9.59 Å². The fourth-order valence-electron chi connectivity index (χ4n) is 2.05. The van der Waals surface area contributed by atoms with Gasteiger partial charge in [-0.25, -0.2) is 4.79 Å². The number of esters is 3. The summed E-state index contributed by atoms with van der Waals surface area (Å²) in [6.07, 6.45) is 2.92. The largest absolute Gasteiger partial charge is 0.460 e. The van der Waals surface area contributed by atoms with Gasteiger partial charge in [0.25, 0.3) is 0 Å². The Morgan fingerprint density at radius 3 is 2.06 bits per heavy atom. The topological polar surface area (TPSA) is 78.9 Å². The normalized spacial score (nSPS) is 25.0. The summed E-state index contributed by atoms with van der Waals surface area (Å²) in [7, 11) is 0. The minimum atomic E-state index is -1.85. The molecule has 0 bridgehead atoms. The Balaban J connectivity index is 2.24. The highest BCUT2D eigenvalue weighted by molar-refractivity contribution is 5.85. The molecule has 2 heterocycles. The fraction of sp³-hybridized carbons (Fsp3) is 0.750. The molecule has 2 aliphatic rings. The maximum Gasteiger partial charge on any atom is 0.393 e. The van der Waals surface area contributed by atoms with Crippen molar-refractivity contribution in [2.75, 3.05) is 6.61 Å². The molecule has 0 amide bonds. The Hall–Kier alpha value is -1.59. The van der Waals surface area contributed by atoms with E-state index in [9.17, 15) is 14.4 Å². The van der Waals surface area contributed by atoms with Gasteiger partial charge in [0, 0.05) is 19.3 Å². The van der Waals surface area contributed by atoms with E-state index in [1.807, 2.05) is 0 Å². The van der Waals surface area contributed by atoms with Crippen LogP contribution in [0, 0.1) is 0 Å². The van der Waals surface area contributed by atoms with E-state index in [-0.39, 0.29) is 25.9 Å². The average molecular weight is 256 g/mol. The Morgan fingerprint density at radius 2 is 1.44 bits per heavy atom. The van der Waals surface area contributed by atoms with Crippen LogP contribution in [0.15, 0.2) is 0 Å². The summed E-state index contributed by atoms with van der Waals surface area (Å²) in [6, 6.07) is 0. The van der Waals surface area contributed by atoms with E-state index in [0.29, 0.717) is 25.7 Å². The molecule has 0 unspecified atom stereocenters. The van der Waals surface area contributed by atoms with Crippen LogP contribution in [0.5, 0.6) is 0 Å². The molecule has 6 heteroatoms. The summed E-state index contributed by atoms with van der Waals surface area (Å²) in [6.45, 7) is 0.260. The lowest BCUT2D eigenvalue weighted by Crippen LogP contribution is -2.47. The molecule has 2 fully saturated rings. The molecule has 2 saturated heterocycles. The zero-order chi connectivity index (χ0) is 13.0. The van der Waals surface area contributed by atoms with Gasteiger partial charge in [-0.15, -0.1) is 0 Å². The van der Waals surface area contributed by atoms with Crippen LogP contribution in [-0.4, -0.2) is 30.3 Å². The number of hydrogen-bond donors (Lipinski definition) is 0. The van der Waals surface area contributed by atoms with Crippen molar-refractivity contribution < 1.29 is 28.6 Å². The van der Waals surface area contributed by atoms with Gasteiger partial charge in [0.05, 0.1) is 6.61 Å². The van der Waals surface area contributed by atoms with Gasteiger partial charge in [0.15, 0.2) is 0 Å². The predicted octanol–water partition coefficient (Wildman–Crippen LogP) is 1.07. The van der Waals surface area contributed by atoms with E-state index in [1.165, 1.54) is 0 Å². The van der Waals surface area contributed by atoms with Gasteiger partial charge in [-0.1, -0.05) is 0 Å². The third kappa shape index (κ3) is 2.80. The second kappa shape index (κ2) is 5.37. The lowest BCUT2D eigenvalue weighted by Gasteiger charge is -2.28. The van der Waals surface area contributed by atoms with E-state index in [2.05, 4.69) is 0 Å². The van der Waals surface area contributed by atoms with Gasteiger partial charge in [-0.05, 0) is 25.7 Å². The van der Waals surface area contributed by atoms with E-state index >= 15 is 0 Å². The van der Waals surface area contributed by atoms with Gasteiger partial charge in [-0.2, -0.15) is 0 Å². The van der Waals surface area contributed by atoms with Crippen LogP contribution >= 0.6 is 0 Å². The average Bonchev–Trinajstić information content (AvgIpc) is 2.43. The molecular formula is C12H16O6. The highest BCUT2D eigenvalue weighted by Gasteiger charge is 2.49. The summed E-state index contributed by atoms with van der Waals surface area (Å²) in [5.41, 5.74) is 0. The minimum Gasteiger partial charge on any atom is -0.460 e. The number of carbonyl (C=O) groups excluding carboxylic acids is 3. The summed E-state index contributed by atoms with van der Waals surface area (Å²) in [5, 5.41) is 0. The van der Waals surface area contributed by atoms with Crippen LogP contribution in [0.3, 0.4) is 0 Å². The van der Waals surface area contributed by atoms with Crippen LogP contribution in [0.1, 0.15) is 44.9 Å². The first-order chi connectivity index (χ1) is 8.62. The molecule has 0 aromatic rings. The number of ether oxygens (including phenoxy) is 3. The van der Waals surface area contributed by atoms with Crippen molar-refractivity contribution in [2.24, 2.45) is 0 Å². The molecule has 1 spiro atoms. The molecule has 0 atom stereocenters.